The van der Waals surface area contributed by atoms with Crippen molar-refractivity contribution in [2.75, 3.05) is 19.7 Å². The highest BCUT2D eigenvalue weighted by atomic mass is 16.5. The largest absolute Gasteiger partial charge is 0.378 e. The molecule has 0 radical (unpaired) electrons. The van der Waals surface area contributed by atoms with E-state index in [1.54, 1.807) is 0 Å². The molecule has 0 atom stereocenters. The van der Waals surface area contributed by atoms with Gasteiger partial charge in [-0.05, 0) is 51.6 Å². The van der Waals surface area contributed by atoms with Gasteiger partial charge in [0.25, 0.3) is 0 Å². The lowest BCUT2D eigenvalue weighted by Crippen LogP contribution is -2.22. The standard InChI is InChI=1S/C11H23NO/c1-2-12-9-4-3-5-10-13-11-7-6-8-11/h11-12H,2-10H2,1H3. The summed E-state index contributed by atoms with van der Waals surface area (Å²) < 4.78 is 5.66. The third-order valence-corrected chi connectivity index (χ3v) is 2.65. The van der Waals surface area contributed by atoms with Crippen molar-refractivity contribution in [3.05, 3.63) is 0 Å². The average Bonchev–Trinajstić information content (AvgIpc) is 2.07. The van der Waals surface area contributed by atoms with Crippen molar-refractivity contribution in [3.8, 4) is 0 Å². The van der Waals surface area contributed by atoms with E-state index < -0.39 is 0 Å². The third-order valence-electron chi connectivity index (χ3n) is 2.65. The Morgan fingerprint density at radius 1 is 1.23 bits per heavy atom. The van der Waals surface area contributed by atoms with Crippen LogP contribution in [-0.4, -0.2) is 25.8 Å². The van der Waals surface area contributed by atoms with E-state index in [4.69, 9.17) is 4.74 Å². The van der Waals surface area contributed by atoms with Gasteiger partial charge in [0, 0.05) is 6.61 Å². The van der Waals surface area contributed by atoms with Gasteiger partial charge in [-0.2, -0.15) is 0 Å². The maximum atomic E-state index is 5.66. The number of ether oxygens (including phenoxy) is 1. The predicted molar refractivity (Wildman–Crippen MR) is 56.0 cm³/mol. The smallest absolute Gasteiger partial charge is 0.0575 e. The van der Waals surface area contributed by atoms with E-state index >= 15 is 0 Å². The Hall–Kier alpha value is -0.0800. The lowest BCUT2D eigenvalue weighted by Gasteiger charge is -2.25. The summed E-state index contributed by atoms with van der Waals surface area (Å²) in [4.78, 5) is 0. The second-order valence-electron chi connectivity index (χ2n) is 3.84. The molecule has 0 unspecified atom stereocenters. The van der Waals surface area contributed by atoms with Crippen LogP contribution in [0.4, 0.5) is 0 Å². The molecule has 0 amide bonds. The number of unbranched alkanes of at least 4 members (excludes halogenated alkanes) is 2. The van der Waals surface area contributed by atoms with Gasteiger partial charge in [0.2, 0.25) is 0 Å². The van der Waals surface area contributed by atoms with Crippen LogP contribution >= 0.6 is 0 Å². The molecule has 0 aliphatic heterocycles. The Bertz CT molecular complexity index is 113. The van der Waals surface area contributed by atoms with Gasteiger partial charge in [0.15, 0.2) is 0 Å². The molecule has 1 rings (SSSR count). The number of nitrogens with one attached hydrogen (secondary N) is 1. The molecule has 78 valence electrons. The van der Waals surface area contributed by atoms with Gasteiger partial charge in [-0.3, -0.25) is 0 Å². The van der Waals surface area contributed by atoms with Crippen LogP contribution in [0.1, 0.15) is 45.4 Å². The summed E-state index contributed by atoms with van der Waals surface area (Å²) in [7, 11) is 0. The lowest BCUT2D eigenvalue weighted by atomic mass is 9.96. The van der Waals surface area contributed by atoms with E-state index in [9.17, 15) is 0 Å². The van der Waals surface area contributed by atoms with Gasteiger partial charge in [0.05, 0.1) is 6.10 Å². The summed E-state index contributed by atoms with van der Waals surface area (Å²) in [5, 5.41) is 3.33. The first-order valence-corrected chi connectivity index (χ1v) is 5.76. The maximum absolute atomic E-state index is 5.66. The van der Waals surface area contributed by atoms with Crippen LogP contribution in [-0.2, 0) is 4.74 Å². The molecule has 2 heteroatoms. The zero-order chi connectivity index (χ0) is 9.36. The van der Waals surface area contributed by atoms with E-state index in [2.05, 4.69) is 12.2 Å². The molecule has 0 aromatic rings. The molecule has 2 nitrogen and oxygen atoms in total. The zero-order valence-corrected chi connectivity index (χ0v) is 8.85. The second-order valence-corrected chi connectivity index (χ2v) is 3.84. The quantitative estimate of drug-likeness (QED) is 0.586. The fourth-order valence-electron chi connectivity index (χ4n) is 1.49. The highest BCUT2D eigenvalue weighted by Crippen LogP contribution is 2.21. The van der Waals surface area contributed by atoms with Crippen LogP contribution in [0, 0.1) is 0 Å². The molecule has 13 heavy (non-hydrogen) atoms. The first-order chi connectivity index (χ1) is 6.43. The molecule has 1 aliphatic carbocycles. The van der Waals surface area contributed by atoms with E-state index in [-0.39, 0.29) is 0 Å². The van der Waals surface area contributed by atoms with E-state index in [1.165, 1.54) is 45.1 Å². The van der Waals surface area contributed by atoms with Crippen LogP contribution in [0.5, 0.6) is 0 Å². The molecule has 0 aromatic heterocycles. The molecule has 1 fully saturated rings. The number of hydrogen-bond acceptors (Lipinski definition) is 2. The van der Waals surface area contributed by atoms with E-state index in [0.717, 1.165) is 13.2 Å². The minimum Gasteiger partial charge on any atom is -0.378 e. The molecule has 0 bridgehead atoms. The minimum absolute atomic E-state index is 0.619. The van der Waals surface area contributed by atoms with Gasteiger partial charge >= 0.3 is 0 Å². The maximum Gasteiger partial charge on any atom is 0.0575 e. The first kappa shape index (κ1) is 11.0. The van der Waals surface area contributed by atoms with Crippen molar-refractivity contribution < 1.29 is 4.74 Å². The summed E-state index contributed by atoms with van der Waals surface area (Å²) in [6, 6.07) is 0. The molecule has 0 saturated heterocycles. The van der Waals surface area contributed by atoms with Crippen molar-refractivity contribution in [2.24, 2.45) is 0 Å². The number of hydrogen-bond donors (Lipinski definition) is 1. The van der Waals surface area contributed by atoms with Crippen LogP contribution in [0.3, 0.4) is 0 Å². The summed E-state index contributed by atoms with van der Waals surface area (Å²) in [5.41, 5.74) is 0. The zero-order valence-electron chi connectivity index (χ0n) is 8.85. The van der Waals surface area contributed by atoms with Crippen molar-refractivity contribution in [2.45, 2.75) is 51.6 Å². The van der Waals surface area contributed by atoms with Gasteiger partial charge in [-0.15, -0.1) is 0 Å². The Balaban J connectivity index is 1.68. The van der Waals surface area contributed by atoms with Gasteiger partial charge in [-0.1, -0.05) is 6.92 Å². The molecule has 1 aliphatic rings. The highest BCUT2D eigenvalue weighted by molar-refractivity contribution is 4.68. The summed E-state index contributed by atoms with van der Waals surface area (Å²) >= 11 is 0. The Morgan fingerprint density at radius 2 is 2.08 bits per heavy atom. The highest BCUT2D eigenvalue weighted by Gasteiger charge is 2.16. The third kappa shape index (κ3) is 5.27. The van der Waals surface area contributed by atoms with Crippen molar-refractivity contribution in [1.82, 2.24) is 5.32 Å². The van der Waals surface area contributed by atoms with Crippen molar-refractivity contribution >= 4 is 0 Å². The van der Waals surface area contributed by atoms with Crippen LogP contribution in [0.25, 0.3) is 0 Å². The molecular formula is C11H23NO. The minimum atomic E-state index is 0.619. The molecular weight excluding hydrogens is 162 g/mol. The van der Waals surface area contributed by atoms with E-state index in [1.807, 2.05) is 0 Å². The molecule has 1 N–H and O–H groups in total. The average molecular weight is 185 g/mol. The fourth-order valence-corrected chi connectivity index (χ4v) is 1.49. The monoisotopic (exact) mass is 185 g/mol. The Labute approximate surface area is 82.0 Å². The van der Waals surface area contributed by atoms with Gasteiger partial charge in [-0.25, -0.2) is 0 Å². The van der Waals surface area contributed by atoms with Gasteiger partial charge < -0.3 is 10.1 Å². The normalized spacial score (nSPS) is 17.3. The number of rotatable bonds is 8. The fraction of sp³-hybridized carbons (Fsp3) is 1.00. The molecule has 1 saturated carbocycles. The summed E-state index contributed by atoms with van der Waals surface area (Å²) in [6.45, 7) is 5.40. The summed E-state index contributed by atoms with van der Waals surface area (Å²) in [5.74, 6) is 0. The SMILES string of the molecule is CCNCCCCCOC1CCC1. The van der Waals surface area contributed by atoms with Crippen molar-refractivity contribution in [3.63, 3.8) is 0 Å². The Kier molecular flexibility index (Phi) is 6.21. The molecule has 0 aromatic carbocycles. The molecule has 0 heterocycles. The van der Waals surface area contributed by atoms with Crippen LogP contribution in [0.2, 0.25) is 0 Å². The van der Waals surface area contributed by atoms with Crippen LogP contribution in [0.15, 0.2) is 0 Å². The predicted octanol–water partition coefficient (Wildman–Crippen LogP) is 2.34. The Morgan fingerprint density at radius 3 is 2.69 bits per heavy atom. The van der Waals surface area contributed by atoms with Gasteiger partial charge in [0.1, 0.15) is 0 Å². The second kappa shape index (κ2) is 7.34. The van der Waals surface area contributed by atoms with Crippen LogP contribution < -0.4 is 5.32 Å². The lowest BCUT2D eigenvalue weighted by molar-refractivity contribution is 0.000675. The van der Waals surface area contributed by atoms with E-state index in [0.29, 0.717) is 6.10 Å². The summed E-state index contributed by atoms with van der Waals surface area (Å²) in [6.07, 6.45) is 8.44. The first-order valence-electron chi connectivity index (χ1n) is 5.76. The molecule has 0 spiro atoms. The topological polar surface area (TPSA) is 21.3 Å². The van der Waals surface area contributed by atoms with Crippen molar-refractivity contribution in [1.29, 1.82) is 0 Å².